The summed E-state index contributed by atoms with van der Waals surface area (Å²) in [6.45, 7) is 12.5. The van der Waals surface area contributed by atoms with Crippen molar-refractivity contribution in [2.24, 2.45) is 17.6 Å². The summed E-state index contributed by atoms with van der Waals surface area (Å²) in [5, 5.41) is 0. The molecule has 0 aliphatic carbocycles. The predicted octanol–water partition coefficient (Wildman–Crippen LogP) is 5.17. The number of primary amides is 1. The predicted molar refractivity (Wildman–Crippen MR) is 132 cm³/mol. The van der Waals surface area contributed by atoms with Crippen molar-refractivity contribution in [1.29, 1.82) is 0 Å². The van der Waals surface area contributed by atoms with Crippen LogP contribution in [0.4, 0.5) is 0 Å². The smallest absolute Gasteiger partial charge is 0.226 e. The molecule has 2 unspecified atom stereocenters. The van der Waals surface area contributed by atoms with Crippen molar-refractivity contribution >= 4 is 11.8 Å². The van der Waals surface area contributed by atoms with Crippen LogP contribution in [0.2, 0.25) is 0 Å². The molecule has 32 heavy (non-hydrogen) atoms. The third kappa shape index (κ3) is 7.67. The van der Waals surface area contributed by atoms with Gasteiger partial charge in [0.05, 0.1) is 0 Å². The molecule has 2 amide bonds. The quantitative estimate of drug-likeness (QED) is 0.468. The van der Waals surface area contributed by atoms with Crippen LogP contribution in [0.1, 0.15) is 51.7 Å². The molecule has 0 heterocycles. The second kappa shape index (κ2) is 12.2. The topological polar surface area (TPSA) is 63.4 Å². The van der Waals surface area contributed by atoms with Gasteiger partial charge in [0, 0.05) is 23.9 Å². The number of allylic oxidation sites excluding steroid dienone is 1. The van der Waals surface area contributed by atoms with E-state index in [1.807, 2.05) is 53.4 Å². The second-order valence-corrected chi connectivity index (χ2v) is 9.27. The molecule has 4 heteroatoms. The van der Waals surface area contributed by atoms with Gasteiger partial charge in [0.25, 0.3) is 0 Å². The van der Waals surface area contributed by atoms with Gasteiger partial charge < -0.3 is 10.6 Å². The van der Waals surface area contributed by atoms with Crippen molar-refractivity contribution in [3.05, 3.63) is 83.9 Å². The molecule has 0 bridgehead atoms. The third-order valence-corrected chi connectivity index (χ3v) is 5.84. The number of carbonyl (C=O) groups is 2. The van der Waals surface area contributed by atoms with Gasteiger partial charge in [0.15, 0.2) is 0 Å². The Balaban J connectivity index is 2.18. The number of rotatable bonds is 12. The summed E-state index contributed by atoms with van der Waals surface area (Å²) in [6, 6.07) is 20.2. The van der Waals surface area contributed by atoms with E-state index >= 15 is 0 Å². The minimum Gasteiger partial charge on any atom is -0.369 e. The van der Waals surface area contributed by atoms with Crippen LogP contribution in [0.25, 0.3) is 0 Å². The Morgan fingerprint density at radius 2 is 1.19 bits per heavy atom. The molecule has 0 fully saturated rings. The Kier molecular flexibility index (Phi) is 9.70. The molecule has 2 atom stereocenters. The standard InChI is InChI=1S/C28H38N2O2/c1-20(2)30(21(3)4)28(32)26(19-24-14-10-7-11-15-24)17-22(5)16-25(27(29)31)18-23-12-8-6-9-13-23/h6-15,20-21,25-26H,5,16-19H2,1-4H3,(H2,29,31). The van der Waals surface area contributed by atoms with E-state index in [4.69, 9.17) is 5.73 Å². The van der Waals surface area contributed by atoms with Crippen molar-refractivity contribution in [3.63, 3.8) is 0 Å². The average molecular weight is 435 g/mol. The SMILES string of the molecule is C=C(CC(Cc1ccccc1)C(N)=O)CC(Cc1ccccc1)C(=O)N(C(C)C)C(C)C. The molecule has 2 N–H and O–H groups in total. The Bertz CT molecular complexity index is 867. The molecule has 4 nitrogen and oxygen atoms in total. The summed E-state index contributed by atoms with van der Waals surface area (Å²) in [5.41, 5.74) is 8.82. The van der Waals surface area contributed by atoms with Crippen LogP contribution in [0.3, 0.4) is 0 Å². The third-order valence-electron chi connectivity index (χ3n) is 5.84. The zero-order chi connectivity index (χ0) is 23.7. The van der Waals surface area contributed by atoms with E-state index in [9.17, 15) is 9.59 Å². The second-order valence-electron chi connectivity index (χ2n) is 9.27. The lowest BCUT2D eigenvalue weighted by Gasteiger charge is -2.34. The molecule has 0 spiro atoms. The van der Waals surface area contributed by atoms with Gasteiger partial charge in [-0.25, -0.2) is 0 Å². The summed E-state index contributed by atoms with van der Waals surface area (Å²) >= 11 is 0. The lowest BCUT2D eigenvalue weighted by molar-refractivity contribution is -0.139. The summed E-state index contributed by atoms with van der Waals surface area (Å²) in [6.07, 6.45) is 2.26. The monoisotopic (exact) mass is 434 g/mol. The molecule has 0 aliphatic rings. The van der Waals surface area contributed by atoms with Crippen molar-refractivity contribution in [3.8, 4) is 0 Å². The van der Waals surface area contributed by atoms with E-state index in [-0.39, 0.29) is 35.7 Å². The fourth-order valence-electron chi connectivity index (χ4n) is 4.41. The average Bonchev–Trinajstić information content (AvgIpc) is 2.73. The van der Waals surface area contributed by atoms with Crippen LogP contribution in [-0.2, 0) is 22.4 Å². The first-order chi connectivity index (χ1) is 15.2. The van der Waals surface area contributed by atoms with E-state index in [2.05, 4.69) is 46.4 Å². The van der Waals surface area contributed by atoms with Crippen LogP contribution in [-0.4, -0.2) is 28.8 Å². The van der Waals surface area contributed by atoms with Gasteiger partial charge in [-0.1, -0.05) is 72.8 Å². The van der Waals surface area contributed by atoms with E-state index in [0.717, 1.165) is 16.7 Å². The summed E-state index contributed by atoms with van der Waals surface area (Å²) in [5.74, 6) is -0.741. The summed E-state index contributed by atoms with van der Waals surface area (Å²) < 4.78 is 0. The van der Waals surface area contributed by atoms with Gasteiger partial charge >= 0.3 is 0 Å². The molecular formula is C28H38N2O2. The van der Waals surface area contributed by atoms with Crippen LogP contribution < -0.4 is 5.73 Å². The number of benzene rings is 2. The van der Waals surface area contributed by atoms with Gasteiger partial charge in [-0.3, -0.25) is 9.59 Å². The minimum atomic E-state index is -0.330. The van der Waals surface area contributed by atoms with E-state index < -0.39 is 0 Å². The van der Waals surface area contributed by atoms with Crippen molar-refractivity contribution in [2.75, 3.05) is 0 Å². The Labute approximate surface area is 193 Å². The van der Waals surface area contributed by atoms with Gasteiger partial charge in [-0.15, -0.1) is 0 Å². The van der Waals surface area contributed by atoms with Gasteiger partial charge in [-0.05, 0) is 64.5 Å². The number of nitrogens with two attached hydrogens (primary N) is 1. The lowest BCUT2D eigenvalue weighted by atomic mass is 9.85. The molecule has 2 rings (SSSR count). The number of nitrogens with zero attached hydrogens (tertiary/aromatic N) is 1. The van der Waals surface area contributed by atoms with Gasteiger partial charge in [0.1, 0.15) is 0 Å². The highest BCUT2D eigenvalue weighted by Gasteiger charge is 2.29. The summed E-state index contributed by atoms with van der Waals surface area (Å²) in [4.78, 5) is 27.7. The fourth-order valence-corrected chi connectivity index (χ4v) is 4.41. The van der Waals surface area contributed by atoms with Crippen LogP contribution in [0.15, 0.2) is 72.8 Å². The Hall–Kier alpha value is -2.88. The molecule has 0 saturated carbocycles. The maximum atomic E-state index is 13.6. The van der Waals surface area contributed by atoms with Crippen molar-refractivity contribution in [1.82, 2.24) is 4.90 Å². The first-order valence-electron chi connectivity index (χ1n) is 11.5. The number of amides is 2. The largest absolute Gasteiger partial charge is 0.369 e. The van der Waals surface area contributed by atoms with E-state index in [1.54, 1.807) is 0 Å². The van der Waals surface area contributed by atoms with E-state index in [1.165, 1.54) is 0 Å². The normalized spacial score (nSPS) is 13.1. The van der Waals surface area contributed by atoms with Crippen LogP contribution in [0.5, 0.6) is 0 Å². The van der Waals surface area contributed by atoms with Crippen LogP contribution >= 0.6 is 0 Å². The van der Waals surface area contributed by atoms with Gasteiger partial charge in [-0.2, -0.15) is 0 Å². The first-order valence-corrected chi connectivity index (χ1v) is 11.5. The van der Waals surface area contributed by atoms with Gasteiger partial charge in [0.2, 0.25) is 11.8 Å². The fraction of sp³-hybridized carbons (Fsp3) is 0.429. The number of hydrogen-bond donors (Lipinski definition) is 1. The number of carbonyl (C=O) groups excluding carboxylic acids is 2. The molecule has 0 radical (unpaired) electrons. The molecule has 0 saturated heterocycles. The van der Waals surface area contributed by atoms with Crippen molar-refractivity contribution in [2.45, 2.75) is 65.5 Å². The minimum absolute atomic E-state index is 0.116. The van der Waals surface area contributed by atoms with Crippen LogP contribution in [0, 0.1) is 11.8 Å². The zero-order valence-electron chi connectivity index (χ0n) is 20.0. The van der Waals surface area contributed by atoms with Crippen molar-refractivity contribution < 1.29 is 9.59 Å². The number of hydrogen-bond acceptors (Lipinski definition) is 2. The lowest BCUT2D eigenvalue weighted by Crippen LogP contribution is -2.45. The summed E-state index contributed by atoms with van der Waals surface area (Å²) in [7, 11) is 0. The molecule has 2 aromatic carbocycles. The Morgan fingerprint density at radius 1 is 0.781 bits per heavy atom. The molecule has 2 aromatic rings. The maximum absolute atomic E-state index is 13.6. The highest BCUT2D eigenvalue weighted by atomic mass is 16.2. The molecule has 0 aromatic heterocycles. The molecular weight excluding hydrogens is 396 g/mol. The highest BCUT2D eigenvalue weighted by molar-refractivity contribution is 5.80. The highest BCUT2D eigenvalue weighted by Crippen LogP contribution is 2.26. The molecule has 0 aliphatic heterocycles. The first kappa shape index (κ1) is 25.4. The maximum Gasteiger partial charge on any atom is 0.226 e. The molecule has 172 valence electrons. The Morgan fingerprint density at radius 3 is 1.59 bits per heavy atom. The van der Waals surface area contributed by atoms with E-state index in [0.29, 0.717) is 25.7 Å². The zero-order valence-corrected chi connectivity index (χ0v) is 20.0.